The van der Waals surface area contributed by atoms with E-state index in [1.807, 2.05) is 0 Å². The maximum atomic E-state index is 13.6. The number of aliphatic hydroxyl groups excluding tert-OH is 2. The lowest BCUT2D eigenvalue weighted by molar-refractivity contribution is -0.143. The summed E-state index contributed by atoms with van der Waals surface area (Å²) in [6.45, 7) is 2.58. The molecule has 1 aliphatic carbocycles. The molecule has 0 radical (unpaired) electrons. The summed E-state index contributed by atoms with van der Waals surface area (Å²) in [6.07, 6.45) is 6.15. The van der Waals surface area contributed by atoms with Gasteiger partial charge in [0.1, 0.15) is 18.5 Å². The van der Waals surface area contributed by atoms with E-state index < -0.39 is 23.8 Å². The lowest BCUT2D eigenvalue weighted by Crippen LogP contribution is -2.22. The molecule has 1 saturated carbocycles. The zero-order chi connectivity index (χ0) is 23.8. The first kappa shape index (κ1) is 25.6. The first-order chi connectivity index (χ1) is 15.9. The Hall–Kier alpha value is -2.03. The van der Waals surface area contributed by atoms with Crippen LogP contribution >= 0.6 is 0 Å². The summed E-state index contributed by atoms with van der Waals surface area (Å²) in [5, 5.41) is 20.7. The molecule has 1 heterocycles. The second-order valence-corrected chi connectivity index (χ2v) is 8.89. The van der Waals surface area contributed by atoms with E-state index in [4.69, 9.17) is 14.2 Å². The fraction of sp³-hybridized carbons (Fsp3) is 0.640. The van der Waals surface area contributed by atoms with Gasteiger partial charge in [0.25, 0.3) is 0 Å². The van der Waals surface area contributed by atoms with Gasteiger partial charge >= 0.3 is 5.97 Å². The predicted molar refractivity (Wildman–Crippen MR) is 118 cm³/mol. The fourth-order valence-corrected chi connectivity index (χ4v) is 4.79. The molecule has 2 fully saturated rings. The molecule has 6 atom stereocenters. The molecular formula is C25H34F2O6. The van der Waals surface area contributed by atoms with Crippen molar-refractivity contribution in [1.29, 1.82) is 0 Å². The molecule has 1 aliphatic heterocycles. The Kier molecular flexibility index (Phi) is 9.64. The van der Waals surface area contributed by atoms with Gasteiger partial charge in [0.05, 0.1) is 18.8 Å². The van der Waals surface area contributed by atoms with Crippen LogP contribution in [0.25, 0.3) is 0 Å². The Bertz CT molecular complexity index is 801. The van der Waals surface area contributed by atoms with Crippen LogP contribution in [0.1, 0.15) is 45.4 Å². The second kappa shape index (κ2) is 12.4. The quantitative estimate of drug-likeness (QED) is 0.402. The monoisotopic (exact) mass is 468 g/mol. The molecule has 0 aromatic heterocycles. The number of hydrogen-bond acceptors (Lipinski definition) is 6. The van der Waals surface area contributed by atoms with Crippen LogP contribution in [0.2, 0.25) is 0 Å². The SMILES string of the molecule is CCOC(=O)CCC[C@H]1CC[C@@H]2[C@@H](C=C[C@@H](O)COc3cc(F)ccc3F)[C@H](O)C[C@@H]2OC1. The molecule has 184 valence electrons. The normalized spacial score (nSPS) is 28.3. The standard InChI is InChI=1S/C25H34F2O6/c1-2-31-25(30)5-3-4-16-6-9-20-19(22(29)13-23(20)32-14-16)10-8-18(28)15-33-24-12-17(26)7-11-21(24)27/h7-8,10-12,16,18-20,22-23,28-29H,2-6,9,13-15H2,1H3/t16-,18+,19+,20+,22+,23-/m0/s1. The molecule has 3 rings (SSSR count). The van der Waals surface area contributed by atoms with Crippen LogP contribution in [-0.4, -0.2) is 54.3 Å². The van der Waals surface area contributed by atoms with Gasteiger partial charge in [-0.15, -0.1) is 0 Å². The van der Waals surface area contributed by atoms with Crippen molar-refractivity contribution >= 4 is 5.97 Å². The average Bonchev–Trinajstić information content (AvgIpc) is 2.94. The van der Waals surface area contributed by atoms with Crippen LogP contribution in [0, 0.1) is 29.4 Å². The molecule has 8 heteroatoms. The molecule has 33 heavy (non-hydrogen) atoms. The van der Waals surface area contributed by atoms with Crippen molar-refractivity contribution in [2.45, 2.75) is 63.8 Å². The van der Waals surface area contributed by atoms with E-state index in [0.29, 0.717) is 32.0 Å². The number of benzene rings is 1. The summed E-state index contributed by atoms with van der Waals surface area (Å²) < 4.78 is 43.2. The van der Waals surface area contributed by atoms with Crippen molar-refractivity contribution in [1.82, 2.24) is 0 Å². The Morgan fingerprint density at radius 3 is 2.94 bits per heavy atom. The predicted octanol–water partition coefficient (Wildman–Crippen LogP) is 3.79. The van der Waals surface area contributed by atoms with Crippen molar-refractivity contribution < 1.29 is 38.0 Å². The average molecular weight is 469 g/mol. The summed E-state index contributed by atoms with van der Waals surface area (Å²) in [7, 11) is 0. The van der Waals surface area contributed by atoms with E-state index in [1.54, 1.807) is 13.0 Å². The highest BCUT2D eigenvalue weighted by Crippen LogP contribution is 2.42. The summed E-state index contributed by atoms with van der Waals surface area (Å²) in [5.41, 5.74) is 0. The molecular weight excluding hydrogens is 434 g/mol. The fourth-order valence-electron chi connectivity index (χ4n) is 4.79. The number of esters is 1. The maximum absolute atomic E-state index is 13.6. The third-order valence-electron chi connectivity index (χ3n) is 6.50. The molecule has 2 N–H and O–H groups in total. The Morgan fingerprint density at radius 1 is 1.33 bits per heavy atom. The molecule has 1 saturated heterocycles. The topological polar surface area (TPSA) is 85.2 Å². The van der Waals surface area contributed by atoms with Gasteiger partial charge in [-0.25, -0.2) is 8.78 Å². The maximum Gasteiger partial charge on any atom is 0.305 e. The van der Waals surface area contributed by atoms with Gasteiger partial charge in [-0.1, -0.05) is 12.2 Å². The molecule has 1 aromatic carbocycles. The summed E-state index contributed by atoms with van der Waals surface area (Å²) >= 11 is 0. The minimum atomic E-state index is -1.03. The zero-order valence-electron chi connectivity index (χ0n) is 19.0. The number of halogens is 2. The van der Waals surface area contributed by atoms with Crippen LogP contribution in [-0.2, 0) is 14.3 Å². The number of hydrogen-bond donors (Lipinski definition) is 2. The number of aliphatic hydroxyl groups is 2. The first-order valence-electron chi connectivity index (χ1n) is 11.8. The van der Waals surface area contributed by atoms with Gasteiger partial charge in [-0.3, -0.25) is 4.79 Å². The number of ether oxygens (including phenoxy) is 3. The zero-order valence-corrected chi connectivity index (χ0v) is 19.0. The Balaban J connectivity index is 1.48. The number of carbonyl (C=O) groups is 1. The highest BCUT2D eigenvalue weighted by Gasteiger charge is 2.43. The minimum Gasteiger partial charge on any atom is -0.487 e. The van der Waals surface area contributed by atoms with Crippen molar-refractivity contribution in [3.63, 3.8) is 0 Å². The Labute approximate surface area is 193 Å². The summed E-state index contributed by atoms with van der Waals surface area (Å²) in [5.74, 6) is -1.39. The van der Waals surface area contributed by atoms with Crippen molar-refractivity contribution in [2.75, 3.05) is 19.8 Å². The van der Waals surface area contributed by atoms with E-state index in [2.05, 4.69) is 0 Å². The van der Waals surface area contributed by atoms with Crippen LogP contribution in [0.3, 0.4) is 0 Å². The second-order valence-electron chi connectivity index (χ2n) is 8.89. The van der Waals surface area contributed by atoms with Crippen molar-refractivity contribution in [3.05, 3.63) is 42.0 Å². The molecule has 0 spiro atoms. The third-order valence-corrected chi connectivity index (χ3v) is 6.50. The first-order valence-corrected chi connectivity index (χ1v) is 11.8. The van der Waals surface area contributed by atoms with Crippen LogP contribution in [0.5, 0.6) is 5.75 Å². The molecule has 6 nitrogen and oxygen atoms in total. The van der Waals surface area contributed by atoms with Gasteiger partial charge < -0.3 is 24.4 Å². The van der Waals surface area contributed by atoms with Crippen molar-refractivity contribution in [3.8, 4) is 5.75 Å². The summed E-state index contributed by atoms with van der Waals surface area (Å²) in [4.78, 5) is 11.5. The Morgan fingerprint density at radius 2 is 2.15 bits per heavy atom. The molecule has 1 aromatic rings. The van der Waals surface area contributed by atoms with E-state index in [0.717, 1.165) is 43.9 Å². The molecule has 0 bridgehead atoms. The van der Waals surface area contributed by atoms with Gasteiger partial charge in [-0.05, 0) is 56.6 Å². The van der Waals surface area contributed by atoms with Gasteiger partial charge in [0.2, 0.25) is 0 Å². The van der Waals surface area contributed by atoms with Crippen LogP contribution in [0.4, 0.5) is 8.78 Å². The minimum absolute atomic E-state index is 0.0421. The number of carbonyl (C=O) groups excluding carboxylic acids is 1. The number of fused-ring (bicyclic) bond motifs is 1. The van der Waals surface area contributed by atoms with Gasteiger partial charge in [-0.2, -0.15) is 0 Å². The van der Waals surface area contributed by atoms with E-state index in [-0.39, 0.29) is 36.3 Å². The molecule has 0 amide bonds. The largest absolute Gasteiger partial charge is 0.487 e. The smallest absolute Gasteiger partial charge is 0.305 e. The van der Waals surface area contributed by atoms with E-state index in [1.165, 1.54) is 6.08 Å². The third kappa shape index (κ3) is 7.48. The molecule has 2 aliphatic rings. The highest BCUT2D eigenvalue weighted by atomic mass is 19.1. The lowest BCUT2D eigenvalue weighted by atomic mass is 9.86. The van der Waals surface area contributed by atoms with Gasteiger partial charge in [0, 0.05) is 31.4 Å². The highest BCUT2D eigenvalue weighted by molar-refractivity contribution is 5.69. The van der Waals surface area contributed by atoms with E-state index >= 15 is 0 Å². The van der Waals surface area contributed by atoms with E-state index in [9.17, 15) is 23.8 Å². The summed E-state index contributed by atoms with van der Waals surface area (Å²) in [6, 6.07) is 2.90. The molecule has 0 unspecified atom stereocenters. The lowest BCUT2D eigenvalue weighted by Gasteiger charge is -2.21. The van der Waals surface area contributed by atoms with Crippen LogP contribution in [0.15, 0.2) is 30.4 Å². The number of rotatable bonds is 10. The van der Waals surface area contributed by atoms with Crippen molar-refractivity contribution in [2.24, 2.45) is 17.8 Å². The van der Waals surface area contributed by atoms with Gasteiger partial charge in [0.15, 0.2) is 11.6 Å². The van der Waals surface area contributed by atoms with Crippen LogP contribution < -0.4 is 4.74 Å².